The van der Waals surface area contributed by atoms with E-state index in [1.165, 1.54) is 0 Å². The van der Waals surface area contributed by atoms with E-state index in [0.29, 0.717) is 0 Å². The molecule has 3 atom stereocenters. The van der Waals surface area contributed by atoms with Gasteiger partial charge in [-0.3, -0.25) is 4.79 Å². The van der Waals surface area contributed by atoms with Gasteiger partial charge in [0, 0.05) is 18.6 Å². The fraction of sp³-hybridized carbons (Fsp3) is 0.917. The fourth-order valence-electron chi connectivity index (χ4n) is 2.35. The van der Waals surface area contributed by atoms with Crippen molar-refractivity contribution in [3.63, 3.8) is 0 Å². The highest BCUT2D eigenvalue weighted by Gasteiger charge is 2.27. The van der Waals surface area contributed by atoms with Gasteiger partial charge >= 0.3 is 0 Å². The molecule has 0 aromatic carbocycles. The molecule has 2 unspecified atom stereocenters. The Morgan fingerprint density at radius 2 is 2.19 bits per heavy atom. The van der Waals surface area contributed by atoms with Gasteiger partial charge in [0.05, 0.1) is 6.04 Å². The molecule has 94 valence electrons. The molecule has 1 rings (SSSR count). The van der Waals surface area contributed by atoms with E-state index in [2.05, 4.69) is 5.32 Å². The highest BCUT2D eigenvalue weighted by Crippen LogP contribution is 2.23. The van der Waals surface area contributed by atoms with Crippen LogP contribution in [0.15, 0.2) is 0 Å². The average Bonchev–Trinajstić information content (AvgIpc) is 2.30. The van der Waals surface area contributed by atoms with Crippen molar-refractivity contribution in [3.8, 4) is 0 Å². The number of nitrogens with two attached hydrogens (primary N) is 1. The Morgan fingerprint density at radius 3 is 2.81 bits per heavy atom. The van der Waals surface area contributed by atoms with E-state index in [4.69, 9.17) is 5.73 Å². The third-order valence-electron chi connectivity index (χ3n) is 3.41. The largest absolute Gasteiger partial charge is 0.396 e. The summed E-state index contributed by atoms with van der Waals surface area (Å²) in [5.74, 6) is 0.152. The maximum Gasteiger partial charge on any atom is 0.237 e. The van der Waals surface area contributed by atoms with Crippen molar-refractivity contribution in [2.75, 3.05) is 6.61 Å². The summed E-state index contributed by atoms with van der Waals surface area (Å²) in [7, 11) is 0. The zero-order valence-electron chi connectivity index (χ0n) is 10.1. The lowest BCUT2D eigenvalue weighted by molar-refractivity contribution is -0.124. The first-order valence-corrected chi connectivity index (χ1v) is 6.35. The molecule has 0 saturated heterocycles. The van der Waals surface area contributed by atoms with Crippen LogP contribution in [0.25, 0.3) is 0 Å². The molecule has 1 aliphatic carbocycles. The zero-order chi connectivity index (χ0) is 12.0. The van der Waals surface area contributed by atoms with Gasteiger partial charge in [0.25, 0.3) is 0 Å². The van der Waals surface area contributed by atoms with Gasteiger partial charge in [-0.15, -0.1) is 0 Å². The quantitative estimate of drug-likeness (QED) is 0.651. The summed E-state index contributed by atoms with van der Waals surface area (Å²) in [5.41, 5.74) is 5.76. The molecular formula is C12H24N2O2. The summed E-state index contributed by atoms with van der Waals surface area (Å²) in [6.07, 6.45) is 5.90. The summed E-state index contributed by atoms with van der Waals surface area (Å²) in [4.78, 5) is 11.7. The maximum absolute atomic E-state index is 11.7. The SMILES string of the molecule is CCC[C@@H](N)C(=O)NC1CCCCC1CO. The number of amides is 1. The van der Waals surface area contributed by atoms with Gasteiger partial charge in [-0.1, -0.05) is 26.2 Å². The first-order valence-electron chi connectivity index (χ1n) is 6.35. The molecule has 4 nitrogen and oxygen atoms in total. The Morgan fingerprint density at radius 1 is 1.50 bits per heavy atom. The summed E-state index contributed by atoms with van der Waals surface area (Å²) >= 11 is 0. The molecule has 0 radical (unpaired) electrons. The molecule has 0 spiro atoms. The Kier molecular flexibility index (Phi) is 5.77. The van der Waals surface area contributed by atoms with Gasteiger partial charge in [0.15, 0.2) is 0 Å². The van der Waals surface area contributed by atoms with Gasteiger partial charge in [0.2, 0.25) is 5.91 Å². The minimum atomic E-state index is -0.397. The van der Waals surface area contributed by atoms with E-state index >= 15 is 0 Å². The highest BCUT2D eigenvalue weighted by molar-refractivity contribution is 5.81. The first kappa shape index (κ1) is 13.5. The Bertz CT molecular complexity index is 221. The molecular weight excluding hydrogens is 204 g/mol. The number of carbonyl (C=O) groups is 1. The number of nitrogens with one attached hydrogen (secondary N) is 1. The molecule has 1 fully saturated rings. The second kappa shape index (κ2) is 6.86. The lowest BCUT2D eigenvalue weighted by Crippen LogP contribution is -2.49. The third kappa shape index (κ3) is 3.76. The van der Waals surface area contributed by atoms with Crippen molar-refractivity contribution >= 4 is 5.91 Å². The summed E-state index contributed by atoms with van der Waals surface area (Å²) in [6.45, 7) is 2.18. The predicted octanol–water partition coefficient (Wildman–Crippen LogP) is 0.781. The van der Waals surface area contributed by atoms with Crippen LogP contribution in [-0.4, -0.2) is 29.7 Å². The summed E-state index contributed by atoms with van der Waals surface area (Å²) in [6, 6.07) is -0.277. The van der Waals surface area contributed by atoms with E-state index in [1.54, 1.807) is 0 Å². The average molecular weight is 228 g/mol. The Hall–Kier alpha value is -0.610. The Labute approximate surface area is 97.6 Å². The van der Waals surface area contributed by atoms with Crippen molar-refractivity contribution < 1.29 is 9.90 Å². The van der Waals surface area contributed by atoms with Crippen LogP contribution in [0.2, 0.25) is 0 Å². The van der Waals surface area contributed by atoms with Crippen molar-refractivity contribution in [1.82, 2.24) is 5.32 Å². The standard InChI is InChI=1S/C12H24N2O2/c1-2-5-10(13)12(16)14-11-7-4-3-6-9(11)8-15/h9-11,15H,2-8,13H2,1H3,(H,14,16)/t9?,10-,11?/m1/s1. The van der Waals surface area contributed by atoms with E-state index < -0.39 is 6.04 Å². The van der Waals surface area contributed by atoms with Gasteiger partial charge < -0.3 is 16.2 Å². The zero-order valence-corrected chi connectivity index (χ0v) is 10.1. The highest BCUT2D eigenvalue weighted by atomic mass is 16.3. The molecule has 0 aromatic heterocycles. The predicted molar refractivity (Wildman–Crippen MR) is 63.9 cm³/mol. The monoisotopic (exact) mass is 228 g/mol. The number of hydrogen-bond acceptors (Lipinski definition) is 3. The van der Waals surface area contributed by atoms with Crippen molar-refractivity contribution in [1.29, 1.82) is 0 Å². The van der Waals surface area contributed by atoms with Crippen LogP contribution in [-0.2, 0) is 4.79 Å². The van der Waals surface area contributed by atoms with Crippen LogP contribution >= 0.6 is 0 Å². The van der Waals surface area contributed by atoms with Crippen LogP contribution in [0.1, 0.15) is 45.4 Å². The van der Waals surface area contributed by atoms with Crippen LogP contribution in [0, 0.1) is 5.92 Å². The van der Waals surface area contributed by atoms with Crippen LogP contribution in [0.5, 0.6) is 0 Å². The number of carbonyl (C=O) groups excluding carboxylic acids is 1. The van der Waals surface area contributed by atoms with Gasteiger partial charge in [-0.25, -0.2) is 0 Å². The fourth-order valence-corrected chi connectivity index (χ4v) is 2.35. The minimum absolute atomic E-state index is 0.0628. The molecule has 0 bridgehead atoms. The molecule has 1 aliphatic rings. The van der Waals surface area contributed by atoms with E-state index in [1.807, 2.05) is 6.92 Å². The molecule has 4 heteroatoms. The molecule has 1 saturated carbocycles. The van der Waals surface area contributed by atoms with Crippen molar-refractivity contribution in [2.24, 2.45) is 11.7 Å². The van der Waals surface area contributed by atoms with Gasteiger partial charge in [0.1, 0.15) is 0 Å². The molecule has 4 N–H and O–H groups in total. The number of aliphatic hydroxyl groups excluding tert-OH is 1. The van der Waals surface area contributed by atoms with Gasteiger partial charge in [-0.05, 0) is 19.3 Å². The van der Waals surface area contributed by atoms with E-state index in [0.717, 1.165) is 38.5 Å². The van der Waals surface area contributed by atoms with Crippen molar-refractivity contribution in [3.05, 3.63) is 0 Å². The number of aliphatic hydroxyl groups is 1. The summed E-state index contributed by atoms with van der Waals surface area (Å²) in [5, 5.41) is 12.2. The number of hydrogen-bond donors (Lipinski definition) is 3. The second-order valence-electron chi connectivity index (χ2n) is 4.74. The van der Waals surface area contributed by atoms with Gasteiger partial charge in [-0.2, -0.15) is 0 Å². The minimum Gasteiger partial charge on any atom is -0.396 e. The lowest BCUT2D eigenvalue weighted by Gasteiger charge is -2.31. The van der Waals surface area contributed by atoms with E-state index in [9.17, 15) is 9.90 Å². The smallest absolute Gasteiger partial charge is 0.237 e. The van der Waals surface area contributed by atoms with Crippen LogP contribution in [0.4, 0.5) is 0 Å². The number of rotatable bonds is 5. The van der Waals surface area contributed by atoms with E-state index in [-0.39, 0.29) is 24.5 Å². The van der Waals surface area contributed by atoms with Crippen LogP contribution in [0.3, 0.4) is 0 Å². The Balaban J connectivity index is 2.41. The second-order valence-corrected chi connectivity index (χ2v) is 4.74. The first-order chi connectivity index (χ1) is 7.69. The molecule has 1 amide bonds. The van der Waals surface area contributed by atoms with Crippen molar-refractivity contribution in [2.45, 2.75) is 57.5 Å². The lowest BCUT2D eigenvalue weighted by atomic mass is 9.85. The molecule has 16 heavy (non-hydrogen) atoms. The molecule has 0 heterocycles. The van der Waals surface area contributed by atoms with Crippen LogP contribution < -0.4 is 11.1 Å². The molecule has 0 aromatic rings. The topological polar surface area (TPSA) is 75.4 Å². The normalized spacial score (nSPS) is 27.4. The maximum atomic E-state index is 11.7. The summed E-state index contributed by atoms with van der Waals surface area (Å²) < 4.78 is 0. The molecule has 0 aliphatic heterocycles. The third-order valence-corrected chi connectivity index (χ3v) is 3.41.